The Hall–Kier alpha value is -2.16. The Morgan fingerprint density at radius 1 is 0.875 bits per heavy atom. The van der Waals surface area contributed by atoms with Crippen molar-refractivity contribution in [2.75, 3.05) is 4.90 Å². The van der Waals surface area contributed by atoms with E-state index in [-0.39, 0.29) is 20.4 Å². The van der Waals surface area contributed by atoms with Gasteiger partial charge in [-0.05, 0) is 24.3 Å². The van der Waals surface area contributed by atoms with E-state index in [9.17, 15) is 31.1 Å². The summed E-state index contributed by atoms with van der Waals surface area (Å²) in [5.74, 6) is -2.37. The van der Waals surface area contributed by atoms with Gasteiger partial charge in [-0.15, -0.1) is 0 Å². The molecule has 0 radical (unpaired) electrons. The van der Waals surface area contributed by atoms with Gasteiger partial charge in [-0.25, -0.2) is 0 Å². The van der Waals surface area contributed by atoms with Crippen molar-refractivity contribution < 1.29 is 31.1 Å². The lowest BCUT2D eigenvalue weighted by atomic mass is 10.1. The number of fused-ring (bicyclic) bond motifs is 2. The average Bonchev–Trinajstić information content (AvgIpc) is 2.49. The molecule has 24 heavy (non-hydrogen) atoms. The van der Waals surface area contributed by atoms with Crippen LogP contribution in [0.4, 0.5) is 37.7 Å². The normalized spacial score (nSPS) is 14.2. The Bertz CT molecular complexity index is 814. The fourth-order valence-corrected chi connectivity index (χ4v) is 3.46. The first-order valence-corrected chi connectivity index (χ1v) is 7.30. The number of amides is 1. The minimum absolute atomic E-state index is 0.0684. The molecule has 2 aromatic carbocycles. The molecule has 1 aliphatic rings. The second kappa shape index (κ2) is 5.44. The van der Waals surface area contributed by atoms with E-state index in [0.29, 0.717) is 6.07 Å². The molecule has 0 N–H and O–H groups in total. The molecule has 0 aromatic heterocycles. The van der Waals surface area contributed by atoms with E-state index >= 15 is 0 Å². The summed E-state index contributed by atoms with van der Waals surface area (Å²) in [6, 6.07) is 8.52. The van der Waals surface area contributed by atoms with Crippen LogP contribution in [-0.2, 0) is 11.0 Å². The number of hydrogen-bond acceptors (Lipinski definition) is 2. The van der Waals surface area contributed by atoms with Crippen LogP contribution < -0.4 is 4.90 Å². The van der Waals surface area contributed by atoms with Crippen LogP contribution in [0.2, 0.25) is 0 Å². The van der Waals surface area contributed by atoms with Crippen LogP contribution in [0.5, 0.6) is 0 Å². The van der Waals surface area contributed by atoms with E-state index < -0.39 is 29.5 Å². The molecule has 3 rings (SSSR count). The Morgan fingerprint density at radius 3 is 2.12 bits per heavy atom. The second-order valence-corrected chi connectivity index (χ2v) is 5.94. The number of nitrogens with zero attached hydrogens (tertiary/aromatic N) is 1. The highest BCUT2D eigenvalue weighted by molar-refractivity contribution is 7.99. The zero-order chi connectivity index (χ0) is 17.7. The molecule has 1 amide bonds. The number of benzene rings is 2. The van der Waals surface area contributed by atoms with Gasteiger partial charge in [-0.1, -0.05) is 30.0 Å². The standard InChI is InChI=1S/C15H7F6NOS/c16-14(17,18)8-4-3-7-11-12(8)22(13(23)15(19,20)21)9-5-1-2-6-10(9)24-11/h1-7H. The monoisotopic (exact) mass is 363 g/mol. The van der Waals surface area contributed by atoms with Crippen molar-refractivity contribution >= 4 is 29.0 Å². The number of rotatable bonds is 0. The maximum atomic E-state index is 13.3. The first kappa shape index (κ1) is 16.7. The Labute approximate surface area is 136 Å². The Balaban J connectivity index is 2.31. The van der Waals surface area contributed by atoms with E-state index in [1.54, 1.807) is 0 Å². The topological polar surface area (TPSA) is 20.3 Å². The SMILES string of the molecule is O=C(N1c2ccccc2Sc2cccc(C(F)(F)F)c21)C(F)(F)F. The van der Waals surface area contributed by atoms with Crippen molar-refractivity contribution in [3.8, 4) is 0 Å². The maximum absolute atomic E-state index is 13.3. The first-order valence-electron chi connectivity index (χ1n) is 6.49. The summed E-state index contributed by atoms with van der Waals surface area (Å²) in [6.07, 6.45) is -10.2. The largest absolute Gasteiger partial charge is 0.472 e. The predicted molar refractivity (Wildman–Crippen MR) is 75.2 cm³/mol. The first-order chi connectivity index (χ1) is 11.1. The number of carbonyl (C=O) groups is 1. The third-order valence-corrected chi connectivity index (χ3v) is 4.41. The molecule has 0 atom stereocenters. The van der Waals surface area contributed by atoms with Gasteiger partial charge in [0.05, 0.1) is 16.9 Å². The molecule has 1 heterocycles. The summed E-state index contributed by atoms with van der Waals surface area (Å²) in [6.45, 7) is 0. The molecule has 0 unspecified atom stereocenters. The molecule has 2 aromatic rings. The molecule has 126 valence electrons. The smallest absolute Gasteiger partial charge is 0.270 e. The van der Waals surface area contributed by atoms with Crippen molar-refractivity contribution in [3.05, 3.63) is 48.0 Å². The van der Waals surface area contributed by atoms with Gasteiger partial charge in [0.1, 0.15) is 0 Å². The molecule has 9 heteroatoms. The minimum atomic E-state index is -5.31. The molecule has 0 saturated heterocycles. The van der Waals surface area contributed by atoms with E-state index in [2.05, 4.69) is 0 Å². The van der Waals surface area contributed by atoms with Crippen LogP contribution in [0.25, 0.3) is 0 Å². The van der Waals surface area contributed by atoms with E-state index in [4.69, 9.17) is 0 Å². The molecule has 0 saturated carbocycles. The summed E-state index contributed by atoms with van der Waals surface area (Å²) < 4.78 is 78.7. The van der Waals surface area contributed by atoms with Gasteiger partial charge in [0.2, 0.25) is 0 Å². The lowest BCUT2D eigenvalue weighted by molar-refractivity contribution is -0.169. The Kier molecular flexibility index (Phi) is 3.78. The lowest BCUT2D eigenvalue weighted by Gasteiger charge is -2.33. The second-order valence-electron chi connectivity index (χ2n) is 4.86. The molecule has 0 bridgehead atoms. The molecule has 0 spiro atoms. The van der Waals surface area contributed by atoms with Gasteiger partial charge in [-0.3, -0.25) is 9.69 Å². The maximum Gasteiger partial charge on any atom is 0.472 e. The Morgan fingerprint density at radius 2 is 1.50 bits per heavy atom. The predicted octanol–water partition coefficient (Wildman–Crippen LogP) is 5.40. The van der Waals surface area contributed by atoms with Gasteiger partial charge in [-0.2, -0.15) is 26.3 Å². The highest BCUT2D eigenvalue weighted by atomic mass is 32.2. The number of anilines is 2. The minimum Gasteiger partial charge on any atom is -0.270 e. The summed E-state index contributed by atoms with van der Waals surface area (Å²) in [5, 5.41) is 0. The number of hydrogen-bond donors (Lipinski definition) is 0. The number of halogens is 6. The summed E-state index contributed by atoms with van der Waals surface area (Å²) in [4.78, 5) is 12.1. The fraction of sp³-hybridized carbons (Fsp3) is 0.133. The van der Waals surface area contributed by atoms with Crippen LogP contribution in [-0.4, -0.2) is 12.1 Å². The quantitative estimate of drug-likeness (QED) is 0.585. The van der Waals surface area contributed by atoms with Crippen LogP contribution in [0.1, 0.15) is 5.56 Å². The lowest BCUT2D eigenvalue weighted by Crippen LogP contribution is -2.40. The van der Waals surface area contributed by atoms with E-state index in [0.717, 1.165) is 17.8 Å². The molecular weight excluding hydrogens is 356 g/mol. The third kappa shape index (κ3) is 2.72. The highest BCUT2D eigenvalue weighted by Gasteiger charge is 2.48. The molecule has 0 aliphatic carbocycles. The number of carbonyl (C=O) groups excluding carboxylic acids is 1. The summed E-state index contributed by atoms with van der Waals surface area (Å²) in [7, 11) is 0. The van der Waals surface area contributed by atoms with E-state index in [1.165, 1.54) is 30.3 Å². The van der Waals surface area contributed by atoms with Gasteiger partial charge in [0.25, 0.3) is 0 Å². The van der Waals surface area contributed by atoms with Crippen molar-refractivity contribution in [2.45, 2.75) is 22.1 Å². The van der Waals surface area contributed by atoms with Crippen LogP contribution >= 0.6 is 11.8 Å². The molecule has 2 nitrogen and oxygen atoms in total. The van der Waals surface area contributed by atoms with E-state index in [1.807, 2.05) is 0 Å². The zero-order valence-corrected chi connectivity index (χ0v) is 12.4. The van der Waals surface area contributed by atoms with Crippen LogP contribution in [0, 0.1) is 0 Å². The van der Waals surface area contributed by atoms with Crippen molar-refractivity contribution in [1.29, 1.82) is 0 Å². The number of para-hydroxylation sites is 2. The fourth-order valence-electron chi connectivity index (χ4n) is 2.37. The average molecular weight is 363 g/mol. The summed E-state index contributed by atoms with van der Waals surface area (Å²) in [5.41, 5.74) is -2.32. The molecule has 1 aliphatic heterocycles. The highest BCUT2D eigenvalue weighted by Crippen LogP contribution is 2.53. The van der Waals surface area contributed by atoms with Gasteiger partial charge in [0.15, 0.2) is 0 Å². The van der Waals surface area contributed by atoms with Gasteiger partial charge in [0, 0.05) is 9.79 Å². The third-order valence-electron chi connectivity index (χ3n) is 3.30. The zero-order valence-electron chi connectivity index (χ0n) is 11.6. The van der Waals surface area contributed by atoms with Gasteiger partial charge >= 0.3 is 18.3 Å². The van der Waals surface area contributed by atoms with Crippen LogP contribution in [0.3, 0.4) is 0 Å². The van der Waals surface area contributed by atoms with Crippen LogP contribution in [0.15, 0.2) is 52.3 Å². The number of alkyl halides is 6. The van der Waals surface area contributed by atoms with Crippen molar-refractivity contribution in [1.82, 2.24) is 0 Å². The van der Waals surface area contributed by atoms with Crippen molar-refractivity contribution in [3.63, 3.8) is 0 Å². The molecular formula is C15H7F6NOS. The van der Waals surface area contributed by atoms with Crippen molar-refractivity contribution in [2.24, 2.45) is 0 Å². The molecule has 0 fully saturated rings. The van der Waals surface area contributed by atoms with Gasteiger partial charge < -0.3 is 0 Å². The summed E-state index contributed by atoms with van der Waals surface area (Å²) >= 11 is 0.883.